The van der Waals surface area contributed by atoms with Gasteiger partial charge in [-0.3, -0.25) is 9.69 Å². The molecule has 3 rings (SSSR count). The number of aromatic nitrogens is 1. The molecule has 0 unspecified atom stereocenters. The van der Waals surface area contributed by atoms with Gasteiger partial charge >= 0.3 is 0 Å². The smallest absolute Gasteiger partial charge is 0.263 e. The molecule has 118 valence electrons. The summed E-state index contributed by atoms with van der Waals surface area (Å²) in [4.78, 5) is 19.1. The fourth-order valence-corrected chi connectivity index (χ4v) is 3.53. The van der Waals surface area contributed by atoms with E-state index in [0.29, 0.717) is 28.0 Å². The predicted molar refractivity (Wildman–Crippen MR) is 95.0 cm³/mol. The van der Waals surface area contributed by atoms with E-state index in [0.717, 1.165) is 10.2 Å². The Morgan fingerprint density at radius 3 is 2.78 bits per heavy atom. The van der Waals surface area contributed by atoms with E-state index in [2.05, 4.69) is 4.98 Å². The van der Waals surface area contributed by atoms with Crippen LogP contribution in [0.15, 0.2) is 42.5 Å². The van der Waals surface area contributed by atoms with E-state index in [1.807, 2.05) is 31.2 Å². The summed E-state index contributed by atoms with van der Waals surface area (Å²) in [5, 5.41) is 1.16. The molecule has 0 N–H and O–H groups in total. The van der Waals surface area contributed by atoms with Crippen LogP contribution in [-0.4, -0.2) is 24.5 Å². The zero-order chi connectivity index (χ0) is 16.4. The highest BCUT2D eigenvalue weighted by atomic mass is 35.5. The highest BCUT2D eigenvalue weighted by molar-refractivity contribution is 7.22. The van der Waals surface area contributed by atoms with Gasteiger partial charge in [-0.25, -0.2) is 4.98 Å². The van der Waals surface area contributed by atoms with Crippen molar-refractivity contribution in [1.29, 1.82) is 0 Å². The summed E-state index contributed by atoms with van der Waals surface area (Å²) in [5.41, 5.74) is 1.32. The minimum absolute atomic E-state index is 0.175. The van der Waals surface area contributed by atoms with E-state index >= 15 is 0 Å². The van der Waals surface area contributed by atoms with Crippen LogP contribution < -0.4 is 9.64 Å². The van der Waals surface area contributed by atoms with E-state index < -0.39 is 0 Å². The molecule has 1 aromatic heterocycles. The fraction of sp³-hybridized carbons (Fsp3) is 0.176. The van der Waals surface area contributed by atoms with Crippen LogP contribution in [0.1, 0.15) is 17.3 Å². The first kappa shape index (κ1) is 15.8. The summed E-state index contributed by atoms with van der Waals surface area (Å²) in [5.74, 6) is 0.324. The Bertz CT molecular complexity index is 830. The maximum atomic E-state index is 12.9. The number of carbonyl (C=O) groups excluding carboxylic acids is 1. The molecular formula is C17H15ClN2O2S. The number of hydrogen-bond acceptors (Lipinski definition) is 4. The summed E-state index contributed by atoms with van der Waals surface area (Å²) in [6.07, 6.45) is 0. The Morgan fingerprint density at radius 2 is 2.09 bits per heavy atom. The number of para-hydroxylation sites is 1. The summed E-state index contributed by atoms with van der Waals surface area (Å²) in [6, 6.07) is 12.8. The molecule has 0 aliphatic rings. The summed E-state index contributed by atoms with van der Waals surface area (Å²) in [7, 11) is 1.54. The van der Waals surface area contributed by atoms with E-state index in [1.54, 1.807) is 23.1 Å². The molecule has 2 aromatic carbocycles. The van der Waals surface area contributed by atoms with Crippen molar-refractivity contribution >= 4 is 44.2 Å². The number of amides is 1. The highest BCUT2D eigenvalue weighted by Gasteiger charge is 2.23. The number of thiazole rings is 1. The molecule has 0 atom stereocenters. The molecule has 23 heavy (non-hydrogen) atoms. The van der Waals surface area contributed by atoms with Gasteiger partial charge < -0.3 is 4.74 Å². The van der Waals surface area contributed by atoms with Crippen LogP contribution in [0.3, 0.4) is 0 Å². The van der Waals surface area contributed by atoms with Gasteiger partial charge in [0.05, 0.1) is 22.9 Å². The van der Waals surface area contributed by atoms with Gasteiger partial charge in [-0.1, -0.05) is 35.1 Å². The zero-order valence-electron chi connectivity index (χ0n) is 12.7. The van der Waals surface area contributed by atoms with Gasteiger partial charge in [0.15, 0.2) is 5.13 Å². The van der Waals surface area contributed by atoms with Gasteiger partial charge in [-0.2, -0.15) is 0 Å². The number of hydrogen-bond donors (Lipinski definition) is 0. The zero-order valence-corrected chi connectivity index (χ0v) is 14.3. The van der Waals surface area contributed by atoms with Crippen molar-refractivity contribution in [3.63, 3.8) is 0 Å². The lowest BCUT2D eigenvalue weighted by molar-refractivity contribution is 0.0985. The molecular weight excluding hydrogens is 332 g/mol. The molecule has 0 bridgehead atoms. The van der Waals surface area contributed by atoms with Crippen molar-refractivity contribution in [1.82, 2.24) is 4.98 Å². The standard InChI is InChI=1S/C17H15ClN2O2S/c1-3-20(17-19-13-6-4-5-7-15(13)23-17)16(21)12-10-11(18)8-9-14(12)22-2/h4-10H,3H2,1-2H3. The number of halogens is 1. The summed E-state index contributed by atoms with van der Waals surface area (Å²) in [6.45, 7) is 2.43. The van der Waals surface area contributed by atoms with Crippen LogP contribution in [0.2, 0.25) is 5.02 Å². The second-order valence-corrected chi connectivity index (χ2v) is 6.30. The maximum Gasteiger partial charge on any atom is 0.263 e. The Hall–Kier alpha value is -2.11. The van der Waals surface area contributed by atoms with Gasteiger partial charge in [0, 0.05) is 11.6 Å². The Kier molecular flexibility index (Phi) is 4.50. The van der Waals surface area contributed by atoms with Gasteiger partial charge in [0.1, 0.15) is 5.75 Å². The third-order valence-corrected chi connectivity index (χ3v) is 4.76. The van der Waals surface area contributed by atoms with Crippen LogP contribution in [-0.2, 0) is 0 Å². The lowest BCUT2D eigenvalue weighted by Crippen LogP contribution is -2.30. The second kappa shape index (κ2) is 6.56. The van der Waals surface area contributed by atoms with Gasteiger partial charge in [0.2, 0.25) is 0 Å². The molecule has 0 fully saturated rings. The topological polar surface area (TPSA) is 42.4 Å². The third-order valence-electron chi connectivity index (χ3n) is 3.47. The number of rotatable bonds is 4. The lowest BCUT2D eigenvalue weighted by atomic mass is 10.1. The first-order chi connectivity index (χ1) is 11.1. The number of benzene rings is 2. The number of fused-ring (bicyclic) bond motifs is 1. The van der Waals surface area contributed by atoms with Gasteiger partial charge in [-0.05, 0) is 37.3 Å². The quantitative estimate of drug-likeness (QED) is 0.692. The lowest BCUT2D eigenvalue weighted by Gasteiger charge is -2.19. The fourth-order valence-electron chi connectivity index (χ4n) is 2.33. The monoisotopic (exact) mass is 346 g/mol. The van der Waals surface area contributed by atoms with Crippen LogP contribution in [0, 0.1) is 0 Å². The number of methoxy groups -OCH3 is 1. The van der Waals surface area contributed by atoms with Gasteiger partial charge in [0.25, 0.3) is 5.91 Å². The molecule has 4 nitrogen and oxygen atoms in total. The molecule has 1 heterocycles. The summed E-state index contributed by atoms with van der Waals surface area (Å²) >= 11 is 7.53. The van der Waals surface area contributed by atoms with Crippen molar-refractivity contribution in [2.45, 2.75) is 6.92 Å². The molecule has 0 aliphatic carbocycles. The Morgan fingerprint density at radius 1 is 1.30 bits per heavy atom. The SMILES string of the molecule is CCN(C(=O)c1cc(Cl)ccc1OC)c1nc2ccccc2s1. The average Bonchev–Trinajstić information content (AvgIpc) is 2.99. The number of anilines is 1. The van der Waals surface area contributed by atoms with E-state index in [4.69, 9.17) is 16.3 Å². The minimum Gasteiger partial charge on any atom is -0.496 e. The van der Waals surface area contributed by atoms with Crippen molar-refractivity contribution in [2.75, 3.05) is 18.6 Å². The molecule has 0 saturated heterocycles. The van der Waals surface area contributed by atoms with Crippen molar-refractivity contribution < 1.29 is 9.53 Å². The van der Waals surface area contributed by atoms with E-state index in [1.165, 1.54) is 18.4 Å². The van der Waals surface area contributed by atoms with E-state index in [9.17, 15) is 4.79 Å². The van der Waals surface area contributed by atoms with Crippen LogP contribution >= 0.6 is 22.9 Å². The number of carbonyl (C=O) groups is 1. The van der Waals surface area contributed by atoms with Crippen LogP contribution in [0.25, 0.3) is 10.2 Å². The molecule has 6 heteroatoms. The second-order valence-electron chi connectivity index (χ2n) is 4.86. The largest absolute Gasteiger partial charge is 0.496 e. The van der Waals surface area contributed by atoms with E-state index in [-0.39, 0.29) is 5.91 Å². The normalized spacial score (nSPS) is 10.7. The number of ether oxygens (including phenoxy) is 1. The molecule has 0 saturated carbocycles. The number of nitrogens with zero attached hydrogens (tertiary/aromatic N) is 2. The third kappa shape index (κ3) is 3.02. The van der Waals surface area contributed by atoms with Crippen LogP contribution in [0.4, 0.5) is 5.13 Å². The molecule has 3 aromatic rings. The molecule has 0 spiro atoms. The maximum absolute atomic E-state index is 12.9. The Labute approximate surface area is 143 Å². The highest BCUT2D eigenvalue weighted by Crippen LogP contribution is 2.31. The molecule has 0 radical (unpaired) electrons. The Balaban J connectivity index is 2.03. The molecule has 0 aliphatic heterocycles. The first-order valence-corrected chi connectivity index (χ1v) is 8.34. The molecule has 1 amide bonds. The summed E-state index contributed by atoms with van der Waals surface area (Å²) < 4.78 is 6.34. The predicted octanol–water partition coefficient (Wildman–Crippen LogP) is 4.63. The van der Waals surface area contributed by atoms with Crippen LogP contribution in [0.5, 0.6) is 5.75 Å². The van der Waals surface area contributed by atoms with Gasteiger partial charge in [-0.15, -0.1) is 0 Å². The van der Waals surface area contributed by atoms with Crippen molar-refractivity contribution in [3.05, 3.63) is 53.1 Å². The van der Waals surface area contributed by atoms with Crippen molar-refractivity contribution in [3.8, 4) is 5.75 Å². The first-order valence-electron chi connectivity index (χ1n) is 7.15. The average molecular weight is 347 g/mol. The minimum atomic E-state index is -0.175. The van der Waals surface area contributed by atoms with Crippen molar-refractivity contribution in [2.24, 2.45) is 0 Å².